The van der Waals surface area contributed by atoms with E-state index in [1.54, 1.807) is 18.2 Å². The van der Waals surface area contributed by atoms with E-state index in [2.05, 4.69) is 0 Å². The normalized spacial score (nSPS) is 15.6. The third-order valence-electron chi connectivity index (χ3n) is 5.71. The summed E-state index contributed by atoms with van der Waals surface area (Å²) in [6.07, 6.45) is 0.943. The molecule has 0 spiro atoms. The van der Waals surface area contributed by atoms with Crippen LogP contribution in [0.25, 0.3) is 0 Å². The Morgan fingerprint density at radius 2 is 1.41 bits per heavy atom. The Bertz CT molecular complexity index is 1140. The van der Waals surface area contributed by atoms with Crippen LogP contribution in [0.1, 0.15) is 18.4 Å². The number of rotatable bonds is 6. The van der Waals surface area contributed by atoms with Gasteiger partial charge in [-0.25, -0.2) is 21.6 Å². The molecule has 1 saturated heterocycles. The molecule has 1 aliphatic rings. The van der Waals surface area contributed by atoms with Crippen LogP contribution in [0.2, 0.25) is 0 Å². The zero-order chi connectivity index (χ0) is 22.7. The van der Waals surface area contributed by atoms with Crippen LogP contribution < -0.4 is 4.31 Å². The molecule has 0 radical (unpaired) electrons. The van der Waals surface area contributed by atoms with Gasteiger partial charge in [0.25, 0.3) is 10.0 Å². The van der Waals surface area contributed by atoms with E-state index < -0.39 is 27.5 Å². The van der Waals surface area contributed by atoms with Crippen LogP contribution in [-0.2, 0) is 16.6 Å². The maximum Gasteiger partial charge on any atom is 0.264 e. The Labute approximate surface area is 186 Å². The average molecular weight is 461 g/mol. The van der Waals surface area contributed by atoms with Gasteiger partial charge in [-0.15, -0.1) is 0 Å². The van der Waals surface area contributed by atoms with Crippen LogP contribution in [-0.4, -0.2) is 32.4 Å². The highest BCUT2D eigenvalue weighted by atomic mass is 32.2. The van der Waals surface area contributed by atoms with Gasteiger partial charge < -0.3 is 0 Å². The standard InChI is InChI=1S/C24H23F3N2O2S/c25-18-9-11-19(12-10-18)29(32(30,31)21-5-2-1-3-6-21)20-13-15-28(16-14-20)17-22-23(26)7-4-8-24(22)27/h1-12,20H,13-17H2. The van der Waals surface area contributed by atoms with Gasteiger partial charge in [0.05, 0.1) is 10.6 Å². The molecule has 168 valence electrons. The van der Waals surface area contributed by atoms with Crippen molar-refractivity contribution in [2.75, 3.05) is 17.4 Å². The molecule has 4 nitrogen and oxygen atoms in total. The lowest BCUT2D eigenvalue weighted by atomic mass is 10.0. The van der Waals surface area contributed by atoms with E-state index in [0.717, 1.165) is 0 Å². The molecule has 1 aliphatic heterocycles. The van der Waals surface area contributed by atoms with Crippen molar-refractivity contribution in [3.63, 3.8) is 0 Å². The number of piperidine rings is 1. The van der Waals surface area contributed by atoms with Crippen molar-refractivity contribution in [1.82, 2.24) is 4.90 Å². The second-order valence-corrected chi connectivity index (χ2v) is 9.61. The van der Waals surface area contributed by atoms with Crippen molar-refractivity contribution in [1.29, 1.82) is 0 Å². The van der Waals surface area contributed by atoms with Gasteiger partial charge in [0.15, 0.2) is 0 Å². The molecule has 4 rings (SSSR count). The summed E-state index contributed by atoms with van der Waals surface area (Å²) in [7, 11) is -3.88. The molecule has 0 bridgehead atoms. The van der Waals surface area contributed by atoms with Crippen molar-refractivity contribution in [2.45, 2.75) is 30.3 Å². The van der Waals surface area contributed by atoms with Gasteiger partial charge in [0.1, 0.15) is 17.5 Å². The van der Waals surface area contributed by atoms with Crippen molar-refractivity contribution in [2.24, 2.45) is 0 Å². The Balaban J connectivity index is 1.57. The molecule has 8 heteroatoms. The molecule has 0 aromatic heterocycles. The molecule has 0 amide bonds. The largest absolute Gasteiger partial charge is 0.299 e. The van der Waals surface area contributed by atoms with Crippen LogP contribution in [0.3, 0.4) is 0 Å². The number of likely N-dealkylation sites (tertiary alicyclic amines) is 1. The van der Waals surface area contributed by atoms with E-state index >= 15 is 0 Å². The van der Waals surface area contributed by atoms with E-state index in [1.807, 2.05) is 4.90 Å². The molecular weight excluding hydrogens is 437 g/mol. The lowest BCUT2D eigenvalue weighted by molar-refractivity contribution is 0.202. The van der Waals surface area contributed by atoms with Gasteiger partial charge in [-0.2, -0.15) is 0 Å². The lowest BCUT2D eigenvalue weighted by Gasteiger charge is -2.39. The fourth-order valence-electron chi connectivity index (χ4n) is 4.06. The van der Waals surface area contributed by atoms with E-state index in [9.17, 15) is 21.6 Å². The predicted octanol–water partition coefficient (Wildman–Crippen LogP) is 4.96. The number of halogens is 3. The molecule has 1 heterocycles. The van der Waals surface area contributed by atoms with Crippen LogP contribution in [0, 0.1) is 17.5 Å². The maximum absolute atomic E-state index is 14.0. The fourth-order valence-corrected chi connectivity index (χ4v) is 5.79. The van der Waals surface area contributed by atoms with Gasteiger partial charge in [0.2, 0.25) is 0 Å². The van der Waals surface area contributed by atoms with Gasteiger partial charge in [-0.3, -0.25) is 9.21 Å². The lowest BCUT2D eigenvalue weighted by Crippen LogP contribution is -2.47. The highest BCUT2D eigenvalue weighted by molar-refractivity contribution is 7.92. The molecule has 1 fully saturated rings. The maximum atomic E-state index is 14.0. The number of anilines is 1. The van der Waals surface area contributed by atoms with Crippen LogP contribution in [0.5, 0.6) is 0 Å². The molecule has 0 aliphatic carbocycles. The summed E-state index contributed by atoms with van der Waals surface area (Å²) in [5, 5.41) is 0. The summed E-state index contributed by atoms with van der Waals surface area (Å²) in [6, 6.07) is 16.9. The molecule has 32 heavy (non-hydrogen) atoms. The van der Waals surface area contributed by atoms with Crippen molar-refractivity contribution >= 4 is 15.7 Å². The SMILES string of the molecule is O=S(=O)(c1ccccc1)N(c1ccc(F)cc1)C1CCN(Cc2c(F)cccc2F)CC1. The first-order valence-electron chi connectivity index (χ1n) is 10.4. The third-order valence-corrected chi connectivity index (χ3v) is 7.61. The first kappa shape index (κ1) is 22.4. The number of benzene rings is 3. The van der Waals surface area contributed by atoms with E-state index in [0.29, 0.717) is 31.6 Å². The van der Waals surface area contributed by atoms with Crippen molar-refractivity contribution < 1.29 is 21.6 Å². The summed E-state index contributed by atoms with van der Waals surface area (Å²) in [4.78, 5) is 2.07. The zero-order valence-electron chi connectivity index (χ0n) is 17.3. The third kappa shape index (κ3) is 4.66. The highest BCUT2D eigenvalue weighted by Crippen LogP contribution is 2.31. The minimum atomic E-state index is -3.88. The van der Waals surface area contributed by atoms with Crippen LogP contribution >= 0.6 is 0 Å². The summed E-state index contributed by atoms with van der Waals surface area (Å²) >= 11 is 0. The van der Waals surface area contributed by atoms with Crippen molar-refractivity contribution in [3.05, 3.63) is 95.8 Å². The number of hydrogen-bond acceptors (Lipinski definition) is 3. The van der Waals surface area contributed by atoms with Crippen LogP contribution in [0.15, 0.2) is 77.7 Å². The van der Waals surface area contributed by atoms with Crippen LogP contribution in [0.4, 0.5) is 18.9 Å². The summed E-state index contributed by atoms with van der Waals surface area (Å²) in [5.41, 5.74) is 0.395. The minimum Gasteiger partial charge on any atom is -0.299 e. The van der Waals surface area contributed by atoms with E-state index in [-0.39, 0.29) is 23.0 Å². The Morgan fingerprint density at radius 1 is 0.812 bits per heavy atom. The Hall–Kier alpha value is -2.84. The molecule has 3 aromatic carbocycles. The first-order valence-corrected chi connectivity index (χ1v) is 11.8. The molecule has 0 saturated carbocycles. The number of nitrogens with zero attached hydrogens (tertiary/aromatic N) is 2. The minimum absolute atomic E-state index is 0.0123. The van der Waals surface area contributed by atoms with Crippen molar-refractivity contribution in [3.8, 4) is 0 Å². The molecular formula is C24H23F3N2O2S. The van der Waals surface area contributed by atoms with E-state index in [1.165, 1.54) is 58.9 Å². The smallest absolute Gasteiger partial charge is 0.264 e. The molecule has 3 aromatic rings. The fraction of sp³-hybridized carbons (Fsp3) is 0.250. The average Bonchev–Trinajstić information content (AvgIpc) is 2.79. The second-order valence-electron chi connectivity index (χ2n) is 7.80. The monoisotopic (exact) mass is 460 g/mol. The van der Waals surface area contributed by atoms with Gasteiger partial charge in [0, 0.05) is 31.2 Å². The second kappa shape index (κ2) is 9.34. The Morgan fingerprint density at radius 3 is 2.00 bits per heavy atom. The van der Waals surface area contributed by atoms with Gasteiger partial charge in [-0.05, 0) is 61.4 Å². The summed E-state index contributed by atoms with van der Waals surface area (Å²) in [6.45, 7) is 1.06. The number of sulfonamides is 1. The molecule has 0 N–H and O–H groups in total. The van der Waals surface area contributed by atoms with Gasteiger partial charge >= 0.3 is 0 Å². The summed E-state index contributed by atoms with van der Waals surface area (Å²) in [5.74, 6) is -1.63. The van der Waals surface area contributed by atoms with Gasteiger partial charge in [-0.1, -0.05) is 24.3 Å². The topological polar surface area (TPSA) is 40.6 Å². The first-order chi connectivity index (χ1) is 15.4. The van der Waals surface area contributed by atoms with E-state index in [4.69, 9.17) is 0 Å². The zero-order valence-corrected chi connectivity index (χ0v) is 18.1. The molecule has 0 unspecified atom stereocenters. The Kier molecular flexibility index (Phi) is 6.53. The highest BCUT2D eigenvalue weighted by Gasteiger charge is 2.34. The predicted molar refractivity (Wildman–Crippen MR) is 117 cm³/mol. The quantitative estimate of drug-likeness (QED) is 0.522. The summed E-state index contributed by atoms with van der Waals surface area (Å²) < 4.78 is 69.9. The molecule has 0 atom stereocenters. The number of hydrogen-bond donors (Lipinski definition) is 0.